The second-order valence-corrected chi connectivity index (χ2v) is 4.67. The van der Waals surface area contributed by atoms with Gasteiger partial charge in [-0.3, -0.25) is 4.79 Å². The van der Waals surface area contributed by atoms with Crippen molar-refractivity contribution in [3.05, 3.63) is 35.4 Å². The molecule has 0 fully saturated rings. The molecule has 0 radical (unpaired) electrons. The van der Waals surface area contributed by atoms with Gasteiger partial charge >= 0.3 is 0 Å². The van der Waals surface area contributed by atoms with Crippen LogP contribution in [0.2, 0.25) is 0 Å². The van der Waals surface area contributed by atoms with Crippen molar-refractivity contribution >= 4 is 5.91 Å². The van der Waals surface area contributed by atoms with E-state index in [1.807, 2.05) is 0 Å². The van der Waals surface area contributed by atoms with Crippen molar-refractivity contribution < 1.29 is 18.3 Å². The van der Waals surface area contributed by atoms with Crippen LogP contribution in [0.15, 0.2) is 18.2 Å². The fraction of sp³-hybridized carbons (Fsp3) is 0.500. The van der Waals surface area contributed by atoms with E-state index in [0.717, 1.165) is 12.1 Å². The van der Waals surface area contributed by atoms with Crippen molar-refractivity contribution in [2.75, 3.05) is 20.8 Å². The highest BCUT2D eigenvalue weighted by atomic mass is 19.1. The summed E-state index contributed by atoms with van der Waals surface area (Å²) in [5, 5.41) is 0. The lowest BCUT2D eigenvalue weighted by Gasteiger charge is -2.21. The Bertz CT molecular complexity index is 455. The van der Waals surface area contributed by atoms with Crippen LogP contribution in [0.3, 0.4) is 0 Å². The first kappa shape index (κ1) is 16.5. The van der Waals surface area contributed by atoms with Gasteiger partial charge in [-0.1, -0.05) is 6.07 Å². The highest BCUT2D eigenvalue weighted by Crippen LogP contribution is 2.12. The van der Waals surface area contributed by atoms with E-state index in [4.69, 9.17) is 10.5 Å². The van der Waals surface area contributed by atoms with Gasteiger partial charge in [-0.2, -0.15) is 0 Å². The van der Waals surface area contributed by atoms with E-state index < -0.39 is 17.7 Å². The number of methoxy groups -OCH3 is 1. The molecule has 112 valence electrons. The van der Waals surface area contributed by atoms with Crippen LogP contribution in [-0.2, 0) is 16.1 Å². The summed E-state index contributed by atoms with van der Waals surface area (Å²) in [5.41, 5.74) is 6.03. The normalized spacial score (nSPS) is 12.2. The molecule has 0 heterocycles. The molecule has 6 heteroatoms. The van der Waals surface area contributed by atoms with Crippen molar-refractivity contribution in [2.24, 2.45) is 5.73 Å². The molecular weight excluding hydrogens is 266 g/mol. The Kier molecular flexibility index (Phi) is 6.54. The smallest absolute Gasteiger partial charge is 0.239 e. The monoisotopic (exact) mass is 286 g/mol. The zero-order chi connectivity index (χ0) is 15.1. The predicted molar refractivity (Wildman–Crippen MR) is 71.9 cm³/mol. The molecule has 0 spiro atoms. The molecule has 0 aromatic heterocycles. The van der Waals surface area contributed by atoms with E-state index in [1.165, 1.54) is 11.0 Å². The number of nitrogens with two attached hydrogens (primary N) is 1. The predicted octanol–water partition coefficient (Wildman–Crippen LogP) is 1.68. The van der Waals surface area contributed by atoms with E-state index in [-0.39, 0.29) is 18.0 Å². The summed E-state index contributed by atoms with van der Waals surface area (Å²) < 4.78 is 31.2. The number of rotatable bonds is 7. The standard InChI is InChI=1S/C14H20F2N2O2/c1-18(14(19)13(17)4-3-7-20-2)9-10-5-6-11(15)8-12(10)16/h5-6,8,13H,3-4,7,9,17H2,1-2H3. The number of hydrogen-bond donors (Lipinski definition) is 1. The summed E-state index contributed by atoms with van der Waals surface area (Å²) in [7, 11) is 3.12. The van der Waals surface area contributed by atoms with Gasteiger partial charge in [0.25, 0.3) is 0 Å². The first-order valence-corrected chi connectivity index (χ1v) is 6.39. The van der Waals surface area contributed by atoms with Crippen LogP contribution in [0, 0.1) is 11.6 Å². The number of hydrogen-bond acceptors (Lipinski definition) is 3. The molecule has 1 atom stereocenters. The SMILES string of the molecule is COCCCC(N)C(=O)N(C)Cc1ccc(F)cc1F. The molecule has 0 aliphatic rings. The Hall–Kier alpha value is -1.53. The molecule has 1 amide bonds. The quantitative estimate of drug-likeness (QED) is 0.776. The molecule has 1 aromatic carbocycles. The first-order chi connectivity index (χ1) is 9.45. The minimum absolute atomic E-state index is 0.0585. The van der Waals surface area contributed by atoms with Gasteiger partial charge in [-0.25, -0.2) is 8.78 Å². The summed E-state index contributed by atoms with van der Waals surface area (Å²) in [5.74, 6) is -1.58. The van der Waals surface area contributed by atoms with Crippen molar-refractivity contribution in [1.82, 2.24) is 4.90 Å². The zero-order valence-electron chi connectivity index (χ0n) is 11.7. The lowest BCUT2D eigenvalue weighted by Crippen LogP contribution is -2.41. The van der Waals surface area contributed by atoms with E-state index in [2.05, 4.69) is 0 Å². The third kappa shape index (κ3) is 4.86. The molecule has 1 rings (SSSR count). The number of amides is 1. The maximum absolute atomic E-state index is 13.5. The number of nitrogens with zero attached hydrogens (tertiary/aromatic N) is 1. The molecule has 0 saturated heterocycles. The molecule has 4 nitrogen and oxygen atoms in total. The largest absolute Gasteiger partial charge is 0.385 e. The third-order valence-corrected chi connectivity index (χ3v) is 2.98. The summed E-state index contributed by atoms with van der Waals surface area (Å²) in [6, 6.07) is 2.64. The molecule has 1 aromatic rings. The fourth-order valence-electron chi connectivity index (χ4n) is 1.84. The van der Waals surface area contributed by atoms with Crippen LogP contribution in [0.1, 0.15) is 18.4 Å². The average molecular weight is 286 g/mol. The molecule has 2 N–H and O–H groups in total. The number of carbonyl (C=O) groups is 1. The lowest BCUT2D eigenvalue weighted by molar-refractivity contribution is -0.132. The molecule has 20 heavy (non-hydrogen) atoms. The number of benzene rings is 1. The Morgan fingerprint density at radius 2 is 2.15 bits per heavy atom. The number of halogens is 2. The fourth-order valence-corrected chi connectivity index (χ4v) is 1.84. The van der Waals surface area contributed by atoms with Gasteiger partial charge in [-0.15, -0.1) is 0 Å². The van der Waals surface area contributed by atoms with Gasteiger partial charge in [0.05, 0.1) is 6.04 Å². The van der Waals surface area contributed by atoms with Gasteiger partial charge in [0.2, 0.25) is 5.91 Å². The number of carbonyl (C=O) groups excluding carboxylic acids is 1. The van der Waals surface area contributed by atoms with E-state index in [1.54, 1.807) is 14.2 Å². The van der Waals surface area contributed by atoms with Gasteiger partial charge in [0.15, 0.2) is 0 Å². The van der Waals surface area contributed by atoms with Crippen molar-refractivity contribution in [3.8, 4) is 0 Å². The van der Waals surface area contributed by atoms with E-state index in [9.17, 15) is 13.6 Å². The third-order valence-electron chi connectivity index (χ3n) is 2.98. The minimum atomic E-state index is -0.669. The van der Waals surface area contributed by atoms with E-state index in [0.29, 0.717) is 19.4 Å². The average Bonchev–Trinajstić information content (AvgIpc) is 2.41. The topological polar surface area (TPSA) is 55.6 Å². The second kappa shape index (κ2) is 7.91. The lowest BCUT2D eigenvalue weighted by atomic mass is 10.1. The van der Waals surface area contributed by atoms with Crippen LogP contribution in [0.4, 0.5) is 8.78 Å². The van der Waals surface area contributed by atoms with Gasteiger partial charge in [0.1, 0.15) is 11.6 Å². The van der Waals surface area contributed by atoms with Crippen molar-refractivity contribution in [1.29, 1.82) is 0 Å². The molecule has 0 saturated carbocycles. The van der Waals surface area contributed by atoms with Crippen LogP contribution in [0.5, 0.6) is 0 Å². The molecule has 0 bridgehead atoms. The Morgan fingerprint density at radius 3 is 2.75 bits per heavy atom. The van der Waals surface area contributed by atoms with Crippen molar-refractivity contribution in [3.63, 3.8) is 0 Å². The van der Waals surface area contributed by atoms with Gasteiger partial charge < -0.3 is 15.4 Å². The summed E-state index contributed by atoms with van der Waals surface area (Å²) in [4.78, 5) is 13.3. The molecule has 0 aliphatic carbocycles. The molecule has 0 aliphatic heterocycles. The Morgan fingerprint density at radius 1 is 1.45 bits per heavy atom. The maximum atomic E-state index is 13.5. The van der Waals surface area contributed by atoms with Crippen LogP contribution < -0.4 is 5.73 Å². The minimum Gasteiger partial charge on any atom is -0.385 e. The number of ether oxygens (including phenoxy) is 1. The highest BCUT2D eigenvalue weighted by Gasteiger charge is 2.18. The van der Waals surface area contributed by atoms with Crippen molar-refractivity contribution in [2.45, 2.75) is 25.4 Å². The highest BCUT2D eigenvalue weighted by molar-refractivity contribution is 5.81. The van der Waals surface area contributed by atoms with Crippen LogP contribution >= 0.6 is 0 Å². The molecule has 1 unspecified atom stereocenters. The summed E-state index contributed by atoms with van der Waals surface area (Å²) >= 11 is 0. The number of likely N-dealkylation sites (N-methyl/N-ethyl adjacent to an activating group) is 1. The van der Waals surface area contributed by atoms with E-state index >= 15 is 0 Å². The summed E-state index contributed by atoms with van der Waals surface area (Å²) in [6.45, 7) is 0.597. The Balaban J connectivity index is 2.56. The summed E-state index contributed by atoms with van der Waals surface area (Å²) in [6.07, 6.45) is 1.19. The zero-order valence-corrected chi connectivity index (χ0v) is 11.7. The van der Waals surface area contributed by atoms with Gasteiger partial charge in [-0.05, 0) is 18.9 Å². The maximum Gasteiger partial charge on any atom is 0.239 e. The van der Waals surface area contributed by atoms with Gasteiger partial charge in [0, 0.05) is 38.9 Å². The Labute approximate surface area is 117 Å². The van der Waals surface area contributed by atoms with Crippen LogP contribution in [-0.4, -0.2) is 37.6 Å². The molecular formula is C14H20F2N2O2. The second-order valence-electron chi connectivity index (χ2n) is 4.67. The van der Waals surface area contributed by atoms with Crippen LogP contribution in [0.25, 0.3) is 0 Å². The first-order valence-electron chi connectivity index (χ1n) is 6.39.